The maximum atomic E-state index is 13.2. The lowest BCUT2D eigenvalue weighted by Gasteiger charge is -2.28. The second-order valence-electron chi connectivity index (χ2n) is 6.30. The van der Waals surface area contributed by atoms with Gasteiger partial charge >= 0.3 is 6.03 Å². The van der Waals surface area contributed by atoms with E-state index in [4.69, 9.17) is 43.8 Å². The van der Waals surface area contributed by atoms with E-state index in [-0.39, 0.29) is 39.4 Å². The third-order valence-electron chi connectivity index (χ3n) is 4.37. The first-order chi connectivity index (χ1) is 15.3. The van der Waals surface area contributed by atoms with E-state index in [1.165, 1.54) is 38.5 Å². The average molecular weight is 475 g/mol. The van der Waals surface area contributed by atoms with E-state index < -0.39 is 17.8 Å². The molecule has 2 aromatic rings. The molecule has 0 bridgehead atoms. The Kier molecular flexibility index (Phi) is 6.93. The predicted octanol–water partition coefficient (Wildman–Crippen LogP) is 3.69. The van der Waals surface area contributed by atoms with Crippen LogP contribution in [0.1, 0.15) is 5.56 Å². The summed E-state index contributed by atoms with van der Waals surface area (Å²) in [6.45, 7) is 0.0322. The molecule has 1 fully saturated rings. The second-order valence-corrected chi connectivity index (χ2v) is 7.11. The fourth-order valence-electron chi connectivity index (χ4n) is 2.91. The van der Waals surface area contributed by atoms with Crippen molar-refractivity contribution < 1.29 is 28.6 Å². The van der Waals surface area contributed by atoms with Gasteiger partial charge in [0, 0.05) is 12.1 Å². The van der Waals surface area contributed by atoms with Crippen molar-refractivity contribution in [3.8, 4) is 29.6 Å². The van der Waals surface area contributed by atoms with Crippen molar-refractivity contribution in [3.63, 3.8) is 0 Å². The van der Waals surface area contributed by atoms with Gasteiger partial charge in [-0.05, 0) is 23.8 Å². The highest BCUT2D eigenvalue weighted by atomic mass is 35.5. The summed E-state index contributed by atoms with van der Waals surface area (Å²) in [6, 6.07) is 6.43. The van der Waals surface area contributed by atoms with Crippen LogP contribution in [0.15, 0.2) is 35.9 Å². The molecule has 0 saturated carbocycles. The van der Waals surface area contributed by atoms with Crippen LogP contribution in [-0.2, 0) is 9.59 Å². The van der Waals surface area contributed by atoms with Crippen LogP contribution in [-0.4, -0.2) is 38.7 Å². The molecular weight excluding hydrogens is 459 g/mol. The largest absolute Gasteiger partial charge is 0.495 e. The number of hydrogen-bond acceptors (Lipinski definition) is 6. The number of halogens is 2. The monoisotopic (exact) mass is 474 g/mol. The van der Waals surface area contributed by atoms with Crippen molar-refractivity contribution in [3.05, 3.63) is 51.5 Å². The first kappa shape index (κ1) is 23.0. The van der Waals surface area contributed by atoms with Crippen molar-refractivity contribution in [1.29, 1.82) is 0 Å². The van der Waals surface area contributed by atoms with Crippen LogP contribution in [0.5, 0.6) is 17.2 Å². The third kappa shape index (κ3) is 4.49. The zero-order chi connectivity index (χ0) is 23.4. The van der Waals surface area contributed by atoms with Gasteiger partial charge in [0.25, 0.3) is 11.8 Å². The highest BCUT2D eigenvalue weighted by Gasteiger charge is 2.38. The van der Waals surface area contributed by atoms with E-state index >= 15 is 0 Å². The van der Waals surface area contributed by atoms with Crippen LogP contribution in [0.25, 0.3) is 6.08 Å². The molecule has 0 radical (unpaired) electrons. The number of methoxy groups -OCH3 is 2. The summed E-state index contributed by atoms with van der Waals surface area (Å²) in [5.41, 5.74) is 0.177. The van der Waals surface area contributed by atoms with Crippen LogP contribution in [0.2, 0.25) is 10.0 Å². The van der Waals surface area contributed by atoms with E-state index in [9.17, 15) is 14.4 Å². The smallest absolute Gasteiger partial charge is 0.336 e. The molecule has 0 aliphatic carbocycles. The summed E-state index contributed by atoms with van der Waals surface area (Å²) in [7, 11) is 2.73. The van der Waals surface area contributed by atoms with Gasteiger partial charge < -0.3 is 14.2 Å². The third-order valence-corrected chi connectivity index (χ3v) is 4.96. The van der Waals surface area contributed by atoms with Gasteiger partial charge in [-0.2, -0.15) is 0 Å². The number of ether oxygens (including phenoxy) is 3. The minimum absolute atomic E-state index is 0.0322. The zero-order valence-corrected chi connectivity index (χ0v) is 18.4. The summed E-state index contributed by atoms with van der Waals surface area (Å²) in [5, 5.41) is 2.58. The summed E-state index contributed by atoms with van der Waals surface area (Å²) >= 11 is 12.3. The Morgan fingerprint density at radius 3 is 2.34 bits per heavy atom. The van der Waals surface area contributed by atoms with E-state index in [2.05, 4.69) is 11.2 Å². The van der Waals surface area contributed by atoms with Gasteiger partial charge in [0.1, 0.15) is 29.4 Å². The standard InChI is InChI=1S/C22H16Cl2N2O6/c1-4-7-32-17-6-5-12(9-14(17)23)8-13-20(27)25-22(29)26(21(13)28)16-11-18(30-2)15(24)10-19(16)31-3/h1,5-6,8-11H,7H2,2-3H3,(H,25,27,29)/b13-8-. The number of terminal acetylenes is 1. The first-order valence-corrected chi connectivity index (χ1v) is 9.75. The summed E-state index contributed by atoms with van der Waals surface area (Å²) in [4.78, 5) is 38.9. The molecule has 0 unspecified atom stereocenters. The number of barbiturate groups is 1. The molecule has 164 valence electrons. The lowest BCUT2D eigenvalue weighted by Crippen LogP contribution is -2.54. The molecule has 1 aliphatic heterocycles. The predicted molar refractivity (Wildman–Crippen MR) is 119 cm³/mol. The van der Waals surface area contributed by atoms with Crippen LogP contribution >= 0.6 is 23.2 Å². The molecule has 0 atom stereocenters. The van der Waals surface area contributed by atoms with E-state index in [1.54, 1.807) is 12.1 Å². The van der Waals surface area contributed by atoms with Crippen LogP contribution in [0.4, 0.5) is 10.5 Å². The highest BCUT2D eigenvalue weighted by molar-refractivity contribution is 6.40. The zero-order valence-electron chi connectivity index (χ0n) is 16.9. The first-order valence-electron chi connectivity index (χ1n) is 8.99. The minimum Gasteiger partial charge on any atom is -0.495 e. The number of urea groups is 1. The van der Waals surface area contributed by atoms with E-state index in [0.717, 1.165) is 4.90 Å². The van der Waals surface area contributed by atoms with Gasteiger partial charge in [0.2, 0.25) is 0 Å². The number of nitrogens with one attached hydrogen (secondary N) is 1. The van der Waals surface area contributed by atoms with Crippen molar-refractivity contribution in [1.82, 2.24) is 5.32 Å². The number of rotatable bonds is 6. The molecule has 10 heteroatoms. The highest BCUT2D eigenvalue weighted by Crippen LogP contribution is 2.39. The Hall–Kier alpha value is -3.67. The second kappa shape index (κ2) is 9.64. The molecule has 1 saturated heterocycles. The number of anilines is 1. The Labute approximate surface area is 193 Å². The van der Waals surface area contributed by atoms with Gasteiger partial charge in [-0.15, -0.1) is 6.42 Å². The van der Waals surface area contributed by atoms with Crippen LogP contribution in [0.3, 0.4) is 0 Å². The molecule has 32 heavy (non-hydrogen) atoms. The average Bonchev–Trinajstić information content (AvgIpc) is 2.76. The van der Waals surface area contributed by atoms with E-state index in [0.29, 0.717) is 11.3 Å². The number of hydrogen-bond donors (Lipinski definition) is 1. The quantitative estimate of drug-likeness (QED) is 0.389. The van der Waals surface area contributed by atoms with Gasteiger partial charge in [-0.1, -0.05) is 35.2 Å². The molecule has 8 nitrogen and oxygen atoms in total. The molecule has 1 aliphatic rings. The normalized spacial score (nSPS) is 14.8. The number of carbonyl (C=O) groups excluding carboxylic acids is 3. The molecule has 0 spiro atoms. The molecular formula is C22H16Cl2N2O6. The lowest BCUT2D eigenvalue weighted by atomic mass is 10.1. The summed E-state index contributed by atoms with van der Waals surface area (Å²) in [6.07, 6.45) is 6.46. The maximum absolute atomic E-state index is 13.2. The van der Waals surface area contributed by atoms with E-state index in [1.807, 2.05) is 0 Å². The SMILES string of the molecule is C#CCOc1ccc(/C=C2/C(=O)NC(=O)N(c3cc(OC)c(Cl)cc3OC)C2=O)cc1Cl. The van der Waals surface area contributed by atoms with Gasteiger partial charge in [0.05, 0.1) is 30.0 Å². The fourth-order valence-corrected chi connectivity index (χ4v) is 3.38. The van der Waals surface area contributed by atoms with Gasteiger partial charge in [0.15, 0.2) is 0 Å². The molecule has 3 rings (SSSR count). The van der Waals surface area contributed by atoms with Crippen LogP contribution in [0, 0.1) is 12.3 Å². The Balaban J connectivity index is 2.03. The molecule has 2 aromatic carbocycles. The van der Waals surface area contributed by atoms with Crippen molar-refractivity contribution in [2.45, 2.75) is 0 Å². The molecule has 0 aromatic heterocycles. The Bertz CT molecular complexity index is 1190. The number of imide groups is 2. The topological polar surface area (TPSA) is 94.2 Å². The number of amides is 4. The minimum atomic E-state index is -0.948. The van der Waals surface area contributed by atoms with Crippen molar-refractivity contribution >= 4 is 52.8 Å². The van der Waals surface area contributed by atoms with Gasteiger partial charge in [-0.25, -0.2) is 9.69 Å². The number of nitrogens with zero attached hydrogens (tertiary/aromatic N) is 1. The number of carbonyl (C=O) groups is 3. The summed E-state index contributed by atoms with van der Waals surface area (Å²) < 4.78 is 15.7. The van der Waals surface area contributed by atoms with Gasteiger partial charge in [-0.3, -0.25) is 14.9 Å². The summed E-state index contributed by atoms with van der Waals surface area (Å²) in [5.74, 6) is 1.28. The number of benzene rings is 2. The molecule has 1 heterocycles. The lowest BCUT2D eigenvalue weighted by molar-refractivity contribution is -0.122. The Morgan fingerprint density at radius 2 is 1.72 bits per heavy atom. The maximum Gasteiger partial charge on any atom is 0.336 e. The van der Waals surface area contributed by atoms with Crippen molar-refractivity contribution in [2.24, 2.45) is 0 Å². The van der Waals surface area contributed by atoms with Crippen molar-refractivity contribution in [2.75, 3.05) is 25.7 Å². The fraction of sp³-hybridized carbons (Fsp3) is 0.136. The molecule has 1 N–H and O–H groups in total. The molecule has 4 amide bonds. The van der Waals surface area contributed by atoms with Crippen LogP contribution < -0.4 is 24.4 Å². The Morgan fingerprint density at radius 1 is 1.03 bits per heavy atom.